The van der Waals surface area contributed by atoms with Crippen molar-refractivity contribution in [1.82, 2.24) is 47.1 Å². The summed E-state index contributed by atoms with van der Waals surface area (Å²) in [6.07, 6.45) is -1.62. The quantitative estimate of drug-likeness (QED) is 0.00958. The van der Waals surface area contributed by atoms with Gasteiger partial charge in [-0.2, -0.15) is 47.1 Å². The molecule has 0 fully saturated rings. The third-order valence-corrected chi connectivity index (χ3v) is 25.9. The van der Waals surface area contributed by atoms with Gasteiger partial charge in [0.05, 0.1) is 29.4 Å². The second-order valence-corrected chi connectivity index (χ2v) is 36.0. The van der Waals surface area contributed by atoms with Crippen LogP contribution in [-0.2, 0) is 98.7 Å². The molecule has 0 saturated carbocycles. The van der Waals surface area contributed by atoms with E-state index >= 15 is 0 Å². The molecule has 122 heavy (non-hydrogen) atoms. The predicted molar refractivity (Wildman–Crippen MR) is 428 cm³/mol. The van der Waals surface area contributed by atoms with E-state index in [0.717, 1.165) is 77.9 Å². The molecule has 0 spiro atoms. The number of primary amides is 8. The molecule has 8 amide bonds. The number of amides is 8. The number of nitrogens with zero attached hydrogens (tertiary/aromatic N) is 10. The Bertz CT molecular complexity index is 5350. The zero-order valence-corrected chi connectivity index (χ0v) is 73.6. The molecule has 46 nitrogen and oxygen atoms in total. The molecule has 22 N–H and O–H groups in total. The summed E-state index contributed by atoms with van der Waals surface area (Å²) in [5, 5.41) is 16.7. The number of sulfonamides is 4. The van der Waals surface area contributed by atoms with Crippen molar-refractivity contribution in [2.45, 2.75) is 80.7 Å². The van der Waals surface area contributed by atoms with E-state index in [2.05, 4.69) is 61.8 Å². The standard InChI is InChI=1S/C68H80N24O22S6.2Na/c69-55(93)19-27-89(28-20-56(70)94)115(101,102)49-9-1-5-43(35-49)77-63-83-64(78-44-6-2-10-50(36-44)116(103,104)90(29-21-57(71)95)30-22-58(72)96)86-67(85-63)81-47-17-15-41(53(39-47)119(109,110)111)13-14-42-16-18-48(40-54(42)120(112,113)114)82-68-87-65(79-45-7-3-11-51(37-45)117(105,106)91(31-23-59(73)97)32-24-60(74)98)84-66(88-68)80-46-8-4-12-52(38-46)118(107,108)92(33-25-61(75)99)34-26-62(76)100;;/h1-18,35-40H,19-34H2,(H2,69,93)(H2,70,94)(H2,71,95)(H2,72,96)(H2,73,97)(H2,74,98)(H2,75,99)(H2,76,100)(H,109,110,111)(H,112,113,114)(H3,77,78,81,83,85,86)(H3,79,80,82,84,87,88);;/q;2*+1/p-2/b14-13+;;. The average molecular weight is 1820 g/mol. The van der Waals surface area contributed by atoms with Crippen molar-refractivity contribution in [3.63, 3.8) is 0 Å². The molecule has 0 aliphatic rings. The number of rotatable bonds is 48. The van der Waals surface area contributed by atoms with E-state index in [0.29, 0.717) is 0 Å². The molecule has 0 aliphatic heterocycles. The van der Waals surface area contributed by atoms with E-state index in [9.17, 15) is 98.0 Å². The summed E-state index contributed by atoms with van der Waals surface area (Å²) in [4.78, 5) is 117. The number of nitrogens with two attached hydrogens (primary N) is 8. The average Bonchev–Trinajstić information content (AvgIpc) is 0.792. The molecule has 0 bridgehead atoms. The molecule has 54 heteroatoms. The van der Waals surface area contributed by atoms with Crippen LogP contribution in [-0.4, -0.2) is 206 Å². The Morgan fingerprint density at radius 1 is 0.279 bits per heavy atom. The van der Waals surface area contributed by atoms with Crippen molar-refractivity contribution in [1.29, 1.82) is 0 Å². The largest absolute Gasteiger partial charge is 1.00 e. The maximum Gasteiger partial charge on any atom is 1.00 e. The molecule has 2 aromatic heterocycles. The molecule has 0 atom stereocenters. The molecular weight excluding hydrogens is 1740 g/mol. The van der Waals surface area contributed by atoms with Gasteiger partial charge in [0.2, 0.25) is 123 Å². The van der Waals surface area contributed by atoms with Crippen molar-refractivity contribution >= 4 is 190 Å². The minimum absolute atomic E-state index is 0. The molecule has 0 aliphatic carbocycles. The minimum atomic E-state index is -5.55. The number of hydrogen-bond donors (Lipinski definition) is 14. The molecule has 640 valence electrons. The molecular formula is C68H78N24Na2O22S6. The monoisotopic (exact) mass is 1820 g/mol. The zero-order chi connectivity index (χ0) is 88.2. The number of carbonyl (C=O) groups excluding carboxylic acids is 8. The number of carbonyl (C=O) groups is 8. The van der Waals surface area contributed by atoms with Gasteiger partial charge in [-0.05, 0) is 108 Å². The molecule has 8 aromatic rings. The van der Waals surface area contributed by atoms with Crippen LogP contribution in [0.25, 0.3) is 12.2 Å². The van der Waals surface area contributed by atoms with E-state index in [1.54, 1.807) is 0 Å². The van der Waals surface area contributed by atoms with Crippen molar-refractivity contribution < 1.29 is 157 Å². The fraction of sp³-hybridized carbons (Fsp3) is 0.235. The summed E-state index contributed by atoms with van der Waals surface area (Å²) < 4.78 is 195. The van der Waals surface area contributed by atoms with Crippen molar-refractivity contribution in [3.8, 4) is 0 Å². The molecule has 0 saturated heterocycles. The van der Waals surface area contributed by atoms with Crippen LogP contribution >= 0.6 is 0 Å². The summed E-state index contributed by atoms with van der Waals surface area (Å²) in [5.41, 5.74) is 41.0. The van der Waals surface area contributed by atoms with Crippen LogP contribution in [0.4, 0.5) is 69.8 Å². The predicted octanol–water partition coefficient (Wildman–Crippen LogP) is -6.53. The molecule has 0 unspecified atom stereocenters. The SMILES string of the molecule is NC(=O)CCN(CCC(N)=O)S(=O)(=O)c1cccc(Nc2nc(Nc3cccc(S(=O)(=O)N(CCC(N)=O)CCC(N)=O)c3)nc(Nc3ccc(/C=C/c4ccc(Nc5nc(Nc6cccc(S(=O)(=O)N(CCC(N)=O)CCC(N)=O)c6)nc(Nc6cccc(S(=O)(=O)N(CCC(N)=O)CCC(N)=O)c6)n5)cc4S(=O)(=O)[O-])c(S(=O)(=O)[O-])c3)n2)c1.[Na+].[Na+]. The van der Waals surface area contributed by atoms with Gasteiger partial charge in [-0.15, -0.1) is 0 Å². The summed E-state index contributed by atoms with van der Waals surface area (Å²) in [7, 11) is -29.2. The van der Waals surface area contributed by atoms with Crippen molar-refractivity contribution in [2.75, 3.05) is 84.3 Å². The van der Waals surface area contributed by atoms with Gasteiger partial charge in [0, 0.05) is 138 Å². The molecule has 6 aromatic carbocycles. The van der Waals surface area contributed by atoms with Crippen molar-refractivity contribution in [3.05, 3.63) is 145 Å². The Hall–Kier alpha value is -10.9. The van der Waals surface area contributed by atoms with E-state index in [1.807, 2.05) is 0 Å². The van der Waals surface area contributed by atoms with E-state index in [-0.39, 0.29) is 93.2 Å². The van der Waals surface area contributed by atoms with Gasteiger partial charge in [0.1, 0.15) is 20.2 Å². The normalized spacial score (nSPS) is 12.0. The smallest absolute Gasteiger partial charge is 0.744 e. The third kappa shape index (κ3) is 29.4. The van der Waals surface area contributed by atoms with Gasteiger partial charge < -0.3 is 86.9 Å². The Kier molecular flexibility index (Phi) is 35.8. The van der Waals surface area contributed by atoms with Crippen LogP contribution < -0.4 is 137 Å². The first-order valence-electron chi connectivity index (χ1n) is 34.9. The van der Waals surface area contributed by atoms with Gasteiger partial charge >= 0.3 is 59.1 Å². The van der Waals surface area contributed by atoms with Gasteiger partial charge in [-0.25, -0.2) is 50.5 Å². The summed E-state index contributed by atoms with van der Waals surface area (Å²) >= 11 is 0. The third-order valence-electron chi connectivity index (χ3n) is 16.6. The van der Waals surface area contributed by atoms with Gasteiger partial charge in [-0.1, -0.05) is 48.6 Å². The first kappa shape index (κ1) is 99.9. The Balaban J connectivity index is 0.0000115. The minimum Gasteiger partial charge on any atom is -0.744 e. The maximum atomic E-state index is 14.0. The van der Waals surface area contributed by atoms with Gasteiger partial charge in [-0.3, -0.25) is 38.4 Å². The first-order chi connectivity index (χ1) is 56.2. The van der Waals surface area contributed by atoms with Crippen LogP contribution in [0.1, 0.15) is 62.5 Å². The molecule has 0 radical (unpaired) electrons. The number of nitrogens with one attached hydrogen (secondary N) is 6. The van der Waals surface area contributed by atoms with Crippen LogP contribution in [0.15, 0.2) is 163 Å². The molecule has 8 rings (SSSR count). The van der Waals surface area contributed by atoms with E-state index < -0.39 is 288 Å². The Morgan fingerprint density at radius 3 is 0.615 bits per heavy atom. The number of anilines is 12. The van der Waals surface area contributed by atoms with Crippen LogP contribution in [0.3, 0.4) is 0 Å². The fourth-order valence-corrected chi connectivity index (χ4v) is 18.1. The van der Waals surface area contributed by atoms with E-state index in [4.69, 9.17) is 45.9 Å². The Labute approximate surface area is 742 Å². The fourth-order valence-electron chi connectivity index (χ4n) is 10.8. The van der Waals surface area contributed by atoms with Gasteiger partial charge in [0.25, 0.3) is 0 Å². The van der Waals surface area contributed by atoms with Gasteiger partial charge in [0.15, 0.2) is 0 Å². The summed E-state index contributed by atoms with van der Waals surface area (Å²) in [6.45, 7) is -3.59. The second-order valence-electron chi connectivity index (χ2n) is 25.6. The van der Waals surface area contributed by atoms with E-state index in [1.165, 1.54) is 84.9 Å². The van der Waals surface area contributed by atoms with Crippen LogP contribution in [0, 0.1) is 0 Å². The topological polar surface area (TPSA) is 758 Å². The summed E-state index contributed by atoms with van der Waals surface area (Å²) in [6, 6.07) is 26.0. The second kappa shape index (κ2) is 43.7. The maximum absolute atomic E-state index is 14.0. The summed E-state index contributed by atoms with van der Waals surface area (Å²) in [5.74, 6) is -9.54. The number of benzene rings is 6. The number of hydrogen-bond acceptors (Lipinski definition) is 34. The first-order valence-corrected chi connectivity index (χ1v) is 43.5. The zero-order valence-electron chi connectivity index (χ0n) is 64.7. The molecule has 2 heterocycles. The van der Waals surface area contributed by atoms with Crippen molar-refractivity contribution in [2.24, 2.45) is 45.9 Å². The number of aromatic nitrogens is 6. The Morgan fingerprint density at radius 2 is 0.451 bits per heavy atom. The van der Waals surface area contributed by atoms with Crippen LogP contribution in [0.2, 0.25) is 0 Å². The van der Waals surface area contributed by atoms with Crippen LogP contribution in [0.5, 0.6) is 0 Å².